The van der Waals surface area contributed by atoms with E-state index >= 15 is 0 Å². The van der Waals surface area contributed by atoms with Crippen molar-refractivity contribution in [3.63, 3.8) is 0 Å². The summed E-state index contributed by atoms with van der Waals surface area (Å²) < 4.78 is 23.7. The molecule has 0 aromatic carbocycles. The third-order valence-electron chi connectivity index (χ3n) is 7.30. The van der Waals surface area contributed by atoms with Crippen LogP contribution >= 0.6 is 0 Å². The smallest absolute Gasteiger partial charge is 0.249 e. The normalized spacial score (nSPS) is 43.8. The molecule has 15 nitrogen and oxygen atoms in total. The first-order valence-corrected chi connectivity index (χ1v) is 12.8. The number of carbonyl (C=O) groups is 1. The van der Waals surface area contributed by atoms with Crippen molar-refractivity contribution < 1.29 is 44.2 Å². The number of hydrogen-bond donors (Lipinski definition) is 10. The van der Waals surface area contributed by atoms with Crippen LogP contribution in [0.25, 0.3) is 0 Å². The van der Waals surface area contributed by atoms with Gasteiger partial charge in [0.15, 0.2) is 12.6 Å². The van der Waals surface area contributed by atoms with Gasteiger partial charge in [-0.2, -0.15) is 0 Å². The van der Waals surface area contributed by atoms with E-state index in [1.807, 2.05) is 0 Å². The van der Waals surface area contributed by atoms with E-state index < -0.39 is 79.8 Å². The van der Waals surface area contributed by atoms with E-state index in [4.69, 9.17) is 47.6 Å². The lowest BCUT2D eigenvalue weighted by Gasteiger charge is -2.46. The fraction of sp³-hybridized carbons (Fsp3) is 0.955. The molecule has 3 fully saturated rings. The highest BCUT2D eigenvalue weighted by Gasteiger charge is 2.47. The van der Waals surface area contributed by atoms with E-state index in [0.29, 0.717) is 19.4 Å². The lowest BCUT2D eigenvalue weighted by molar-refractivity contribution is -0.299. The van der Waals surface area contributed by atoms with Crippen LogP contribution in [0.2, 0.25) is 0 Å². The second-order valence-electron chi connectivity index (χ2n) is 10.1. The van der Waals surface area contributed by atoms with E-state index in [9.17, 15) is 25.2 Å². The quantitative estimate of drug-likeness (QED) is 0.125. The van der Waals surface area contributed by atoms with E-state index in [1.165, 1.54) is 0 Å². The SMILES string of the molecule is NCC[C@H](O)C(=O)N[C@@H]1C[C@H](N)[C@@H](O[C@H]2O[C@H](CN)CC[C@H]2N)C[C@H]1O[C@H]1O[C@H](CO)[C@@H](O)[C@H](N)[C@H]1O. The topological polar surface area (TPSA) is 277 Å². The lowest BCUT2D eigenvalue weighted by atomic mass is 9.85. The first-order valence-electron chi connectivity index (χ1n) is 12.8. The average Bonchev–Trinajstić information content (AvgIpc) is 2.88. The number of nitrogens with two attached hydrogens (primary N) is 5. The Kier molecular flexibility index (Phi) is 11.4. The molecule has 1 amide bonds. The predicted molar refractivity (Wildman–Crippen MR) is 129 cm³/mol. The van der Waals surface area contributed by atoms with Gasteiger partial charge in [0.1, 0.15) is 24.4 Å². The molecule has 0 aromatic heterocycles. The van der Waals surface area contributed by atoms with E-state index in [1.54, 1.807) is 0 Å². The van der Waals surface area contributed by atoms with Gasteiger partial charge in [-0.3, -0.25) is 4.79 Å². The van der Waals surface area contributed by atoms with Gasteiger partial charge >= 0.3 is 0 Å². The Morgan fingerprint density at radius 2 is 1.68 bits per heavy atom. The third kappa shape index (κ3) is 7.54. The van der Waals surface area contributed by atoms with Crippen LogP contribution in [0.1, 0.15) is 32.1 Å². The van der Waals surface area contributed by atoms with E-state index in [0.717, 1.165) is 0 Å². The number of hydrogen-bond acceptors (Lipinski definition) is 14. The number of aliphatic hydroxyl groups excluding tert-OH is 4. The average molecular weight is 537 g/mol. The molecule has 0 bridgehead atoms. The molecular formula is C22H44N6O9. The van der Waals surface area contributed by atoms with Crippen LogP contribution in [0.4, 0.5) is 0 Å². The van der Waals surface area contributed by atoms with Gasteiger partial charge in [0.2, 0.25) is 5.91 Å². The molecule has 0 radical (unpaired) electrons. The summed E-state index contributed by atoms with van der Waals surface area (Å²) in [7, 11) is 0. The van der Waals surface area contributed by atoms with E-state index in [2.05, 4.69) is 5.32 Å². The Bertz CT molecular complexity index is 724. The highest BCUT2D eigenvalue weighted by Crippen LogP contribution is 2.31. The van der Waals surface area contributed by atoms with Gasteiger partial charge in [0, 0.05) is 19.0 Å². The molecule has 15 heteroatoms. The summed E-state index contributed by atoms with van der Waals surface area (Å²) in [4.78, 5) is 12.6. The first kappa shape index (κ1) is 30.5. The summed E-state index contributed by atoms with van der Waals surface area (Å²) >= 11 is 0. The zero-order valence-corrected chi connectivity index (χ0v) is 20.9. The van der Waals surface area contributed by atoms with Gasteiger partial charge in [0.05, 0.1) is 43.0 Å². The molecule has 1 saturated carbocycles. The fourth-order valence-corrected chi connectivity index (χ4v) is 4.94. The van der Waals surface area contributed by atoms with Crippen molar-refractivity contribution in [2.45, 2.75) is 112 Å². The van der Waals surface area contributed by atoms with Crippen LogP contribution in [0, 0.1) is 0 Å². The standard InChI is InChI=1S/C22H44N6O9/c23-4-3-13(30)20(33)28-12-5-11(26)14(35-21-10(25)2-1-9(7-24)34-21)6-15(12)36-22-19(32)17(27)18(31)16(8-29)37-22/h9-19,21-22,29-32H,1-8,23-27H2,(H,28,33)/t9-,10+,11-,12+,13-,14-,15+,16+,17-,18+,19+,21+,22-/m0/s1. The van der Waals surface area contributed by atoms with Crippen molar-refractivity contribution in [3.8, 4) is 0 Å². The minimum Gasteiger partial charge on any atom is -0.394 e. The Hall–Kier alpha value is -1.05. The summed E-state index contributed by atoms with van der Waals surface area (Å²) in [5, 5.41) is 43.1. The zero-order valence-electron chi connectivity index (χ0n) is 20.9. The van der Waals surface area contributed by atoms with Gasteiger partial charge in [-0.05, 0) is 32.2 Å². The molecule has 2 heterocycles. The number of rotatable bonds is 10. The molecule has 0 spiro atoms. The molecule has 37 heavy (non-hydrogen) atoms. The molecule has 13 atom stereocenters. The number of amides is 1. The van der Waals surface area contributed by atoms with Crippen LogP contribution in [-0.2, 0) is 23.7 Å². The van der Waals surface area contributed by atoms with Crippen molar-refractivity contribution in [2.75, 3.05) is 19.7 Å². The predicted octanol–water partition coefficient (Wildman–Crippen LogP) is -5.37. The summed E-state index contributed by atoms with van der Waals surface area (Å²) in [5.41, 5.74) is 29.7. The van der Waals surface area contributed by atoms with Crippen LogP contribution in [0.15, 0.2) is 0 Å². The molecule has 2 saturated heterocycles. The monoisotopic (exact) mass is 536 g/mol. The van der Waals surface area contributed by atoms with Crippen molar-refractivity contribution in [2.24, 2.45) is 28.7 Å². The lowest BCUT2D eigenvalue weighted by Crippen LogP contribution is -2.65. The maximum absolute atomic E-state index is 12.6. The minimum absolute atomic E-state index is 0.0659. The third-order valence-corrected chi connectivity index (χ3v) is 7.30. The van der Waals surface area contributed by atoms with E-state index in [-0.39, 0.29) is 38.0 Å². The molecule has 3 rings (SSSR count). The second-order valence-corrected chi connectivity index (χ2v) is 10.1. The molecule has 216 valence electrons. The molecular weight excluding hydrogens is 492 g/mol. The van der Waals surface area contributed by atoms with Crippen LogP contribution in [0.5, 0.6) is 0 Å². The van der Waals surface area contributed by atoms with Crippen LogP contribution < -0.4 is 34.0 Å². The zero-order chi connectivity index (χ0) is 27.3. The summed E-state index contributed by atoms with van der Waals surface area (Å²) in [6.07, 6.45) is -7.02. The van der Waals surface area contributed by atoms with Crippen LogP contribution in [0.3, 0.4) is 0 Å². The molecule has 0 aromatic rings. The summed E-state index contributed by atoms with van der Waals surface area (Å²) in [6.45, 7) is -0.110. The van der Waals surface area contributed by atoms with Crippen molar-refractivity contribution in [1.29, 1.82) is 0 Å². The molecule has 0 unspecified atom stereocenters. The van der Waals surface area contributed by atoms with Crippen molar-refractivity contribution >= 4 is 5.91 Å². The Morgan fingerprint density at radius 1 is 0.973 bits per heavy atom. The minimum atomic E-state index is -1.42. The summed E-state index contributed by atoms with van der Waals surface area (Å²) in [5.74, 6) is -0.649. The van der Waals surface area contributed by atoms with Crippen LogP contribution in [-0.4, -0.2) is 126 Å². The Balaban J connectivity index is 1.76. The van der Waals surface area contributed by atoms with Gasteiger partial charge in [-0.15, -0.1) is 0 Å². The van der Waals surface area contributed by atoms with Crippen molar-refractivity contribution in [1.82, 2.24) is 5.32 Å². The second kappa shape index (κ2) is 13.8. The fourth-order valence-electron chi connectivity index (χ4n) is 4.94. The highest BCUT2D eigenvalue weighted by molar-refractivity contribution is 5.80. The van der Waals surface area contributed by atoms with Crippen molar-refractivity contribution in [3.05, 3.63) is 0 Å². The Labute approximate surface area is 215 Å². The number of carbonyl (C=O) groups excluding carboxylic acids is 1. The van der Waals surface area contributed by atoms with Gasteiger partial charge in [-0.25, -0.2) is 0 Å². The molecule has 15 N–H and O–H groups in total. The number of aliphatic hydroxyl groups is 4. The van der Waals surface area contributed by atoms with Gasteiger partial charge in [-0.1, -0.05) is 0 Å². The molecule has 3 aliphatic rings. The number of ether oxygens (including phenoxy) is 4. The molecule has 1 aliphatic carbocycles. The highest BCUT2D eigenvalue weighted by atomic mass is 16.7. The van der Waals surface area contributed by atoms with Gasteiger partial charge in [0.25, 0.3) is 0 Å². The Morgan fingerprint density at radius 3 is 2.32 bits per heavy atom. The maximum atomic E-state index is 12.6. The molecule has 2 aliphatic heterocycles. The first-order chi connectivity index (χ1) is 17.6. The number of nitrogens with one attached hydrogen (secondary N) is 1. The maximum Gasteiger partial charge on any atom is 0.249 e. The largest absolute Gasteiger partial charge is 0.394 e. The van der Waals surface area contributed by atoms with Gasteiger partial charge < -0.3 is 73.4 Å². The summed E-state index contributed by atoms with van der Waals surface area (Å²) in [6, 6.07) is -2.78.